The molecule has 1 heterocycles. The van der Waals surface area contributed by atoms with Crippen molar-refractivity contribution in [3.8, 4) is 16.9 Å². The van der Waals surface area contributed by atoms with E-state index < -0.39 is 35.1 Å². The van der Waals surface area contributed by atoms with Crippen LogP contribution in [-0.4, -0.2) is 35.0 Å². The van der Waals surface area contributed by atoms with E-state index in [-0.39, 0.29) is 29.5 Å². The third kappa shape index (κ3) is 5.65. The van der Waals surface area contributed by atoms with Crippen LogP contribution < -0.4 is 10.5 Å². The van der Waals surface area contributed by atoms with Gasteiger partial charge in [-0.2, -0.15) is 13.2 Å². The van der Waals surface area contributed by atoms with Gasteiger partial charge in [0, 0.05) is 23.1 Å². The van der Waals surface area contributed by atoms with Gasteiger partial charge >= 0.3 is 12.1 Å². The summed E-state index contributed by atoms with van der Waals surface area (Å²) in [6.07, 6.45) is -3.73. The standard InChI is InChI=1S/C38H33F3N2O5/c1-20-17-21(2)31(29-19-37(3,4)33(44)30(20)29)35(46)43-16-15-23-18-25(13-14-27(23)32(43)34(42)45)48-36(47)28-8-6-5-7-26(28)22-9-11-24(12-10-22)38(39,40)41/h5-14,17-18,32H,15-16,19H2,1-4H3,(H2,42,45). The molecule has 1 aliphatic carbocycles. The normalized spacial score (nSPS) is 16.7. The van der Waals surface area contributed by atoms with Gasteiger partial charge in [0.25, 0.3) is 5.91 Å². The molecule has 0 saturated heterocycles. The minimum atomic E-state index is -4.49. The fraction of sp³-hybridized carbons (Fsp3) is 0.263. The minimum absolute atomic E-state index is 0.0106. The van der Waals surface area contributed by atoms with Gasteiger partial charge in [-0.05, 0) is 96.0 Å². The fourth-order valence-electron chi connectivity index (χ4n) is 6.97. The van der Waals surface area contributed by atoms with Crippen LogP contribution in [0.3, 0.4) is 0 Å². The van der Waals surface area contributed by atoms with E-state index in [0.29, 0.717) is 51.8 Å². The molecule has 0 aromatic heterocycles. The molecule has 246 valence electrons. The van der Waals surface area contributed by atoms with E-state index in [9.17, 15) is 32.3 Å². The largest absolute Gasteiger partial charge is 0.423 e. The van der Waals surface area contributed by atoms with Gasteiger partial charge in [0.1, 0.15) is 11.8 Å². The minimum Gasteiger partial charge on any atom is -0.423 e. The highest BCUT2D eigenvalue weighted by Crippen LogP contribution is 2.42. The number of hydrogen-bond donors (Lipinski definition) is 1. The number of nitrogens with zero attached hydrogens (tertiary/aromatic N) is 1. The molecule has 0 fully saturated rings. The summed E-state index contributed by atoms with van der Waals surface area (Å²) in [6.45, 7) is 7.57. The molecule has 2 N–H and O–H groups in total. The maximum absolute atomic E-state index is 14.2. The first-order valence-corrected chi connectivity index (χ1v) is 15.5. The van der Waals surface area contributed by atoms with Crippen LogP contribution >= 0.6 is 0 Å². The summed E-state index contributed by atoms with van der Waals surface area (Å²) in [5.41, 5.74) is 9.80. The van der Waals surface area contributed by atoms with Crippen molar-refractivity contribution in [2.24, 2.45) is 11.1 Å². The van der Waals surface area contributed by atoms with E-state index in [2.05, 4.69) is 0 Å². The van der Waals surface area contributed by atoms with E-state index in [0.717, 1.165) is 23.3 Å². The van der Waals surface area contributed by atoms with Crippen LogP contribution in [0.25, 0.3) is 11.1 Å². The zero-order chi connectivity index (χ0) is 34.7. The summed E-state index contributed by atoms with van der Waals surface area (Å²) in [5.74, 6) is -1.64. The van der Waals surface area contributed by atoms with Crippen molar-refractivity contribution in [1.82, 2.24) is 4.90 Å². The zero-order valence-electron chi connectivity index (χ0n) is 26.8. The number of primary amides is 1. The molecule has 2 amide bonds. The monoisotopic (exact) mass is 654 g/mol. The number of carbonyl (C=O) groups is 4. The van der Waals surface area contributed by atoms with Gasteiger partial charge in [-0.1, -0.05) is 56.3 Å². The number of carbonyl (C=O) groups excluding carboxylic acids is 4. The number of hydrogen-bond acceptors (Lipinski definition) is 5. The second-order valence-corrected chi connectivity index (χ2v) is 13.1. The average molecular weight is 655 g/mol. The first-order chi connectivity index (χ1) is 22.6. The van der Waals surface area contributed by atoms with Crippen LogP contribution in [0.15, 0.2) is 72.8 Å². The molecule has 0 radical (unpaired) electrons. The molecule has 1 atom stereocenters. The number of ether oxygens (including phenoxy) is 1. The molecule has 4 aromatic rings. The Labute approximate surface area is 275 Å². The Morgan fingerprint density at radius 1 is 0.938 bits per heavy atom. The molecule has 1 unspecified atom stereocenters. The van der Waals surface area contributed by atoms with E-state index in [4.69, 9.17) is 10.5 Å². The van der Waals surface area contributed by atoms with E-state index in [1.54, 1.807) is 30.3 Å². The van der Waals surface area contributed by atoms with Gasteiger partial charge in [0.15, 0.2) is 5.78 Å². The Morgan fingerprint density at radius 2 is 1.62 bits per heavy atom. The summed E-state index contributed by atoms with van der Waals surface area (Å²) in [6, 6.07) is 16.4. The highest BCUT2D eigenvalue weighted by atomic mass is 19.4. The van der Waals surface area contributed by atoms with Crippen LogP contribution in [0.4, 0.5) is 13.2 Å². The Kier molecular flexibility index (Phi) is 8.01. The summed E-state index contributed by atoms with van der Waals surface area (Å²) in [5, 5.41) is 0. The molecule has 10 heteroatoms. The number of alkyl halides is 3. The molecular weight excluding hydrogens is 621 g/mol. The van der Waals surface area contributed by atoms with Gasteiger partial charge in [0.2, 0.25) is 5.91 Å². The molecule has 48 heavy (non-hydrogen) atoms. The quantitative estimate of drug-likeness (QED) is 0.181. The molecule has 6 rings (SSSR count). The van der Waals surface area contributed by atoms with Gasteiger partial charge in [-0.3, -0.25) is 14.4 Å². The van der Waals surface area contributed by atoms with Crippen LogP contribution in [-0.2, 0) is 23.8 Å². The molecule has 1 aliphatic heterocycles. The highest BCUT2D eigenvalue weighted by molar-refractivity contribution is 6.10. The van der Waals surface area contributed by atoms with Crippen molar-refractivity contribution in [2.45, 2.75) is 52.8 Å². The summed E-state index contributed by atoms with van der Waals surface area (Å²) >= 11 is 0. The highest BCUT2D eigenvalue weighted by Gasteiger charge is 2.43. The third-order valence-corrected chi connectivity index (χ3v) is 9.25. The Bertz CT molecular complexity index is 2010. The van der Waals surface area contributed by atoms with Gasteiger partial charge in [-0.15, -0.1) is 0 Å². The molecule has 4 aromatic carbocycles. The van der Waals surface area contributed by atoms with E-state index >= 15 is 0 Å². The van der Waals surface area contributed by atoms with Gasteiger partial charge < -0.3 is 15.4 Å². The summed E-state index contributed by atoms with van der Waals surface area (Å²) in [4.78, 5) is 55.1. The number of aryl methyl sites for hydroxylation is 2. The Balaban J connectivity index is 1.28. The van der Waals surface area contributed by atoms with Crippen molar-refractivity contribution in [1.29, 1.82) is 0 Å². The molecule has 2 aliphatic rings. The lowest BCUT2D eigenvalue weighted by Crippen LogP contribution is -2.46. The topological polar surface area (TPSA) is 107 Å². The van der Waals surface area contributed by atoms with Crippen LogP contribution in [0.1, 0.15) is 84.3 Å². The van der Waals surface area contributed by atoms with Crippen molar-refractivity contribution < 1.29 is 37.1 Å². The van der Waals surface area contributed by atoms with Crippen LogP contribution in [0.2, 0.25) is 0 Å². The summed E-state index contributed by atoms with van der Waals surface area (Å²) < 4.78 is 45.0. The molecular formula is C38H33F3N2O5. The summed E-state index contributed by atoms with van der Waals surface area (Å²) in [7, 11) is 0. The van der Waals surface area contributed by atoms with Gasteiger partial charge in [-0.25, -0.2) is 4.79 Å². The second kappa shape index (κ2) is 11.8. The second-order valence-electron chi connectivity index (χ2n) is 13.1. The zero-order valence-corrected chi connectivity index (χ0v) is 26.8. The van der Waals surface area contributed by atoms with Crippen LogP contribution in [0, 0.1) is 19.3 Å². The van der Waals surface area contributed by atoms with Crippen molar-refractivity contribution in [3.05, 3.63) is 123 Å². The first kappa shape index (κ1) is 32.7. The number of amides is 2. The molecule has 0 saturated carbocycles. The molecule has 0 bridgehead atoms. The number of halogens is 3. The predicted molar refractivity (Wildman–Crippen MR) is 173 cm³/mol. The average Bonchev–Trinajstić information content (AvgIpc) is 3.27. The van der Waals surface area contributed by atoms with Crippen molar-refractivity contribution >= 4 is 23.6 Å². The Hall–Kier alpha value is -5.25. The van der Waals surface area contributed by atoms with Crippen molar-refractivity contribution in [3.63, 3.8) is 0 Å². The Morgan fingerprint density at radius 3 is 2.29 bits per heavy atom. The third-order valence-electron chi connectivity index (χ3n) is 9.25. The lowest BCUT2D eigenvalue weighted by Gasteiger charge is -2.36. The van der Waals surface area contributed by atoms with Gasteiger partial charge in [0.05, 0.1) is 11.1 Å². The number of Topliss-reactive ketones (excluding diaryl/α,β-unsaturated/α-hetero) is 1. The predicted octanol–water partition coefficient (Wildman–Crippen LogP) is 7.20. The lowest BCUT2D eigenvalue weighted by atomic mass is 9.88. The number of rotatable bonds is 5. The number of ketones is 1. The fourth-order valence-corrected chi connectivity index (χ4v) is 6.97. The number of fused-ring (bicyclic) bond motifs is 2. The van der Waals surface area contributed by atoms with E-state index in [1.807, 2.05) is 33.8 Å². The van der Waals surface area contributed by atoms with E-state index in [1.165, 1.54) is 29.2 Å². The van der Waals surface area contributed by atoms with Crippen LogP contribution in [0.5, 0.6) is 5.75 Å². The lowest BCUT2D eigenvalue weighted by molar-refractivity contribution is -0.137. The molecule has 7 nitrogen and oxygen atoms in total. The SMILES string of the molecule is Cc1cc(C)c2c(c1C(=O)N1CCc3cc(OC(=O)c4ccccc4-c4ccc(C(F)(F)F)cc4)ccc3C1C(N)=O)CC(C)(C)C2=O. The number of nitrogens with two attached hydrogens (primary N) is 1. The molecule has 0 spiro atoms. The van der Waals surface area contributed by atoms with Crippen molar-refractivity contribution in [2.75, 3.05) is 6.54 Å². The maximum atomic E-state index is 14.2. The first-order valence-electron chi connectivity index (χ1n) is 15.5. The number of benzene rings is 4. The number of esters is 1. The smallest absolute Gasteiger partial charge is 0.416 e. The maximum Gasteiger partial charge on any atom is 0.416 e.